The van der Waals surface area contributed by atoms with Crippen LogP contribution in [0.15, 0.2) is 34.7 Å². The Labute approximate surface area is 120 Å². The van der Waals surface area contributed by atoms with Crippen LogP contribution >= 0.6 is 11.8 Å². The lowest BCUT2D eigenvalue weighted by Gasteiger charge is -2.12. The maximum Gasteiger partial charge on any atom is 0.258 e. The van der Waals surface area contributed by atoms with Gasteiger partial charge in [0.05, 0.1) is 11.3 Å². The van der Waals surface area contributed by atoms with Crippen LogP contribution in [-0.4, -0.2) is 18.4 Å². The third-order valence-electron chi connectivity index (χ3n) is 3.31. The predicted molar refractivity (Wildman–Crippen MR) is 78.5 cm³/mol. The monoisotopic (exact) mass is 286 g/mol. The average molecular weight is 286 g/mol. The van der Waals surface area contributed by atoms with Crippen molar-refractivity contribution in [3.8, 4) is 0 Å². The zero-order valence-electron chi connectivity index (χ0n) is 11.1. The topological polar surface area (TPSA) is 58.5 Å². The third-order valence-corrected chi connectivity index (χ3v) is 4.33. The number of amides is 2. The van der Waals surface area contributed by atoms with Gasteiger partial charge in [-0.3, -0.25) is 9.59 Å². The molecule has 102 valence electrons. The minimum Gasteiger partial charge on any atom is -0.352 e. The molecule has 0 aliphatic carbocycles. The molecule has 4 nitrogen and oxygen atoms in total. The largest absolute Gasteiger partial charge is 0.352 e. The number of nitrogens with zero attached hydrogens (tertiary/aromatic N) is 1. The highest BCUT2D eigenvalue weighted by Crippen LogP contribution is 2.35. The van der Waals surface area contributed by atoms with E-state index in [1.165, 1.54) is 0 Å². The van der Waals surface area contributed by atoms with E-state index in [4.69, 9.17) is 0 Å². The number of rotatable bonds is 3. The SMILES string of the molecule is CCCNC(=O)c1ccc2c(c1)=NC(=O)C1C=CSC=21. The van der Waals surface area contributed by atoms with E-state index >= 15 is 0 Å². The Kier molecular flexibility index (Phi) is 3.44. The van der Waals surface area contributed by atoms with E-state index < -0.39 is 0 Å². The maximum atomic E-state index is 11.9. The maximum absolute atomic E-state index is 11.9. The second-order valence-corrected chi connectivity index (χ2v) is 5.67. The number of hydrogen-bond donors (Lipinski definition) is 1. The van der Waals surface area contributed by atoms with Crippen molar-refractivity contribution in [2.45, 2.75) is 13.3 Å². The zero-order chi connectivity index (χ0) is 14.1. The summed E-state index contributed by atoms with van der Waals surface area (Å²) < 4.78 is 0. The standard InChI is InChI=1S/C15H14N2O2S/c1-2-6-16-14(18)9-3-4-10-12(8-9)17-15(19)11-5-7-20-13(10)11/h3-5,7-8,11H,2,6H2,1H3,(H,16,18). The molecular formula is C15H14N2O2S. The second kappa shape index (κ2) is 5.25. The first-order valence-corrected chi connectivity index (χ1v) is 7.47. The average Bonchev–Trinajstić information content (AvgIpc) is 2.94. The van der Waals surface area contributed by atoms with Gasteiger partial charge < -0.3 is 5.32 Å². The smallest absolute Gasteiger partial charge is 0.258 e. The van der Waals surface area contributed by atoms with Gasteiger partial charge in [0.25, 0.3) is 11.8 Å². The first-order valence-electron chi connectivity index (χ1n) is 6.59. The molecule has 1 aromatic rings. The predicted octanol–water partition coefficient (Wildman–Crippen LogP) is 0.971. The molecule has 0 aromatic heterocycles. The van der Waals surface area contributed by atoms with Crippen LogP contribution in [0.3, 0.4) is 0 Å². The fourth-order valence-corrected chi connectivity index (χ4v) is 3.29. The number of benzene rings is 1. The Morgan fingerprint density at radius 2 is 2.30 bits per heavy atom. The van der Waals surface area contributed by atoms with Crippen molar-refractivity contribution in [2.75, 3.05) is 6.54 Å². The summed E-state index contributed by atoms with van der Waals surface area (Å²) in [6.45, 7) is 2.65. The van der Waals surface area contributed by atoms with Crippen LogP contribution in [0.2, 0.25) is 0 Å². The number of nitrogens with one attached hydrogen (secondary N) is 1. The van der Waals surface area contributed by atoms with E-state index in [2.05, 4.69) is 10.3 Å². The Bertz CT molecular complexity index is 737. The zero-order valence-corrected chi connectivity index (χ0v) is 11.9. The lowest BCUT2D eigenvalue weighted by molar-refractivity contribution is -0.119. The molecule has 20 heavy (non-hydrogen) atoms. The molecule has 0 saturated carbocycles. The van der Waals surface area contributed by atoms with Crippen LogP contribution < -0.4 is 15.9 Å². The van der Waals surface area contributed by atoms with Gasteiger partial charge in [-0.2, -0.15) is 0 Å². The Hall–Kier alpha value is -1.88. The van der Waals surface area contributed by atoms with Crippen LogP contribution in [0.4, 0.5) is 0 Å². The highest BCUT2D eigenvalue weighted by Gasteiger charge is 2.27. The van der Waals surface area contributed by atoms with Crippen molar-refractivity contribution in [1.82, 2.24) is 5.32 Å². The molecule has 3 rings (SSSR count). The molecule has 1 aromatic carbocycles. The number of thioether (sulfide) groups is 1. The molecule has 2 aliphatic rings. The van der Waals surface area contributed by atoms with Gasteiger partial charge in [-0.05, 0) is 24.0 Å². The molecule has 1 N–H and O–H groups in total. The minimum atomic E-state index is -0.229. The Morgan fingerprint density at radius 1 is 1.45 bits per heavy atom. The van der Waals surface area contributed by atoms with E-state index in [0.29, 0.717) is 17.5 Å². The Balaban J connectivity index is 2.05. The van der Waals surface area contributed by atoms with Crippen molar-refractivity contribution in [3.63, 3.8) is 0 Å². The van der Waals surface area contributed by atoms with Gasteiger partial charge >= 0.3 is 0 Å². The molecule has 0 spiro atoms. The van der Waals surface area contributed by atoms with Gasteiger partial charge in [-0.15, -0.1) is 11.8 Å². The van der Waals surface area contributed by atoms with Crippen LogP contribution in [0.5, 0.6) is 0 Å². The van der Waals surface area contributed by atoms with Crippen molar-refractivity contribution in [3.05, 3.63) is 45.8 Å². The first kappa shape index (κ1) is 13.1. The van der Waals surface area contributed by atoms with Gasteiger partial charge in [0.2, 0.25) is 0 Å². The van der Waals surface area contributed by atoms with Gasteiger partial charge in [0.1, 0.15) is 0 Å². The number of fused-ring (bicyclic) bond motifs is 2. The molecule has 0 saturated heterocycles. The summed E-state index contributed by atoms with van der Waals surface area (Å²) in [6.07, 6.45) is 2.76. The van der Waals surface area contributed by atoms with Gasteiger partial charge in [-0.1, -0.05) is 19.1 Å². The molecule has 2 aliphatic heterocycles. The lowest BCUT2D eigenvalue weighted by Crippen LogP contribution is -2.36. The van der Waals surface area contributed by atoms with Crippen LogP contribution in [0, 0.1) is 5.92 Å². The normalized spacial score (nSPS) is 19.4. The van der Waals surface area contributed by atoms with E-state index in [1.54, 1.807) is 23.9 Å². The third kappa shape index (κ3) is 2.18. The molecule has 1 atom stereocenters. The molecule has 2 heterocycles. The van der Waals surface area contributed by atoms with E-state index in [-0.39, 0.29) is 17.7 Å². The minimum absolute atomic E-state index is 0.123. The summed E-state index contributed by atoms with van der Waals surface area (Å²) in [6, 6.07) is 5.37. The first-order chi connectivity index (χ1) is 9.70. The summed E-state index contributed by atoms with van der Waals surface area (Å²) in [5, 5.41) is 6.30. The summed E-state index contributed by atoms with van der Waals surface area (Å²) in [5.74, 6) is -0.506. The summed E-state index contributed by atoms with van der Waals surface area (Å²) in [7, 11) is 0. The number of carbonyl (C=O) groups excluding carboxylic acids is 2. The van der Waals surface area contributed by atoms with E-state index in [1.807, 2.05) is 24.5 Å². The van der Waals surface area contributed by atoms with Gasteiger partial charge in [-0.25, -0.2) is 4.99 Å². The molecule has 0 fully saturated rings. The van der Waals surface area contributed by atoms with Crippen molar-refractivity contribution >= 4 is 28.5 Å². The van der Waals surface area contributed by atoms with Gasteiger partial charge in [0.15, 0.2) is 0 Å². The number of carbonyl (C=O) groups is 2. The fraction of sp³-hybridized carbons (Fsp3) is 0.267. The quantitative estimate of drug-likeness (QED) is 0.901. The van der Waals surface area contributed by atoms with E-state index in [0.717, 1.165) is 16.5 Å². The van der Waals surface area contributed by atoms with Gasteiger partial charge in [0, 0.05) is 22.2 Å². The lowest BCUT2D eigenvalue weighted by atomic mass is 10.0. The van der Waals surface area contributed by atoms with E-state index in [9.17, 15) is 9.59 Å². The van der Waals surface area contributed by atoms with Crippen LogP contribution in [0.1, 0.15) is 23.7 Å². The second-order valence-electron chi connectivity index (χ2n) is 4.73. The summed E-state index contributed by atoms with van der Waals surface area (Å²) in [5.41, 5.74) is 0.545. The highest BCUT2D eigenvalue weighted by atomic mass is 32.2. The molecule has 0 radical (unpaired) electrons. The summed E-state index contributed by atoms with van der Waals surface area (Å²) >= 11 is 1.56. The summed E-state index contributed by atoms with van der Waals surface area (Å²) in [4.78, 5) is 29.0. The molecule has 2 amide bonds. The van der Waals surface area contributed by atoms with Crippen molar-refractivity contribution in [1.29, 1.82) is 0 Å². The molecule has 1 unspecified atom stereocenters. The van der Waals surface area contributed by atoms with Crippen molar-refractivity contribution in [2.24, 2.45) is 10.9 Å². The highest BCUT2D eigenvalue weighted by molar-refractivity contribution is 8.10. The van der Waals surface area contributed by atoms with Crippen LogP contribution in [0.25, 0.3) is 4.91 Å². The molecule has 5 heteroatoms. The Morgan fingerprint density at radius 3 is 3.10 bits per heavy atom. The van der Waals surface area contributed by atoms with Crippen LogP contribution in [-0.2, 0) is 4.79 Å². The molecule has 0 bridgehead atoms. The molecular weight excluding hydrogens is 272 g/mol. The number of hydrogen-bond acceptors (Lipinski definition) is 3. The fourth-order valence-electron chi connectivity index (χ4n) is 2.28. The van der Waals surface area contributed by atoms with Crippen molar-refractivity contribution < 1.29 is 9.59 Å².